The first-order valence-corrected chi connectivity index (χ1v) is 7.36. The second-order valence-corrected chi connectivity index (χ2v) is 5.90. The van der Waals surface area contributed by atoms with Crippen molar-refractivity contribution >= 4 is 5.91 Å². The van der Waals surface area contributed by atoms with Crippen molar-refractivity contribution in [3.8, 4) is 0 Å². The summed E-state index contributed by atoms with van der Waals surface area (Å²) in [6.45, 7) is 8.30. The normalized spacial score (nSPS) is 19.7. The van der Waals surface area contributed by atoms with E-state index in [1.165, 1.54) is 0 Å². The van der Waals surface area contributed by atoms with Crippen LogP contribution in [0.3, 0.4) is 0 Å². The summed E-state index contributed by atoms with van der Waals surface area (Å²) >= 11 is 0. The highest BCUT2D eigenvalue weighted by atomic mass is 16.2. The highest BCUT2D eigenvalue weighted by molar-refractivity contribution is 5.78. The van der Waals surface area contributed by atoms with Crippen molar-refractivity contribution in [3.63, 3.8) is 0 Å². The Morgan fingerprint density at radius 2 is 1.95 bits per heavy atom. The zero-order valence-electron chi connectivity index (χ0n) is 12.9. The summed E-state index contributed by atoms with van der Waals surface area (Å²) in [5.74, 6) is 0.243. The van der Waals surface area contributed by atoms with E-state index in [-0.39, 0.29) is 11.9 Å². The average molecular weight is 270 g/mol. The number of carbonyl (C=O) groups excluding carboxylic acids is 1. The first kappa shape index (κ1) is 16.4. The third-order valence-corrected chi connectivity index (χ3v) is 3.81. The van der Waals surface area contributed by atoms with Crippen LogP contribution in [0.15, 0.2) is 0 Å². The molecule has 1 saturated heterocycles. The summed E-state index contributed by atoms with van der Waals surface area (Å²) in [6, 6.07) is 0.584. The monoisotopic (exact) mass is 270 g/mol. The lowest BCUT2D eigenvalue weighted by atomic mass is 10.1. The van der Waals surface area contributed by atoms with Gasteiger partial charge < -0.3 is 15.5 Å². The number of hydrogen-bond donors (Lipinski definition) is 1. The third kappa shape index (κ3) is 5.47. The van der Waals surface area contributed by atoms with Crippen molar-refractivity contribution in [1.29, 1.82) is 0 Å². The fraction of sp³-hybridized carbons (Fsp3) is 0.929. The Morgan fingerprint density at radius 3 is 2.42 bits per heavy atom. The van der Waals surface area contributed by atoms with Crippen molar-refractivity contribution in [2.75, 3.05) is 46.8 Å². The maximum Gasteiger partial charge on any atom is 0.237 e. The SMILES string of the molecule is CCN(C(=O)CN1CCC(N)CC1)C(C)CN(C)C. The molecule has 1 unspecified atom stereocenters. The summed E-state index contributed by atoms with van der Waals surface area (Å²) < 4.78 is 0. The zero-order chi connectivity index (χ0) is 14.4. The van der Waals surface area contributed by atoms with E-state index in [9.17, 15) is 4.79 Å². The highest BCUT2D eigenvalue weighted by Crippen LogP contribution is 2.09. The largest absolute Gasteiger partial charge is 0.338 e. The smallest absolute Gasteiger partial charge is 0.237 e. The number of amides is 1. The summed E-state index contributed by atoms with van der Waals surface area (Å²) in [4.78, 5) is 18.7. The number of likely N-dealkylation sites (N-methyl/N-ethyl adjacent to an activating group) is 2. The van der Waals surface area contributed by atoms with Crippen LogP contribution in [0.25, 0.3) is 0 Å². The van der Waals surface area contributed by atoms with Gasteiger partial charge in [0.2, 0.25) is 5.91 Å². The maximum atomic E-state index is 12.4. The lowest BCUT2D eigenvalue weighted by molar-refractivity contribution is -0.134. The van der Waals surface area contributed by atoms with E-state index in [4.69, 9.17) is 5.73 Å². The number of rotatable bonds is 6. The summed E-state index contributed by atoms with van der Waals surface area (Å²) in [5, 5.41) is 0. The van der Waals surface area contributed by atoms with Crippen molar-refractivity contribution in [2.45, 2.75) is 38.8 Å². The molecule has 0 spiro atoms. The zero-order valence-corrected chi connectivity index (χ0v) is 12.9. The molecule has 5 heteroatoms. The Kier molecular flexibility index (Phi) is 6.75. The van der Waals surface area contributed by atoms with Crippen LogP contribution in [0.1, 0.15) is 26.7 Å². The van der Waals surface area contributed by atoms with E-state index in [1.807, 2.05) is 19.0 Å². The van der Waals surface area contributed by atoms with E-state index in [0.29, 0.717) is 12.6 Å². The standard InChI is InChI=1S/C14H30N4O/c1-5-18(12(2)10-16(3)4)14(19)11-17-8-6-13(15)7-9-17/h12-13H,5-11,15H2,1-4H3. The molecule has 1 fully saturated rings. The molecule has 19 heavy (non-hydrogen) atoms. The van der Waals surface area contributed by atoms with Gasteiger partial charge in [0.15, 0.2) is 0 Å². The van der Waals surface area contributed by atoms with Crippen molar-refractivity contribution in [3.05, 3.63) is 0 Å². The highest BCUT2D eigenvalue weighted by Gasteiger charge is 2.23. The van der Waals surface area contributed by atoms with Gasteiger partial charge in [-0.15, -0.1) is 0 Å². The van der Waals surface area contributed by atoms with Crippen LogP contribution in [-0.2, 0) is 4.79 Å². The van der Waals surface area contributed by atoms with Gasteiger partial charge in [-0.3, -0.25) is 9.69 Å². The predicted octanol–water partition coefficient (Wildman–Crippen LogP) is 0.208. The number of carbonyl (C=O) groups is 1. The minimum Gasteiger partial charge on any atom is -0.338 e. The Bertz CT molecular complexity index is 275. The molecular formula is C14H30N4O. The number of hydrogen-bond acceptors (Lipinski definition) is 4. The molecule has 1 rings (SSSR count). The van der Waals surface area contributed by atoms with Gasteiger partial charge in [0.05, 0.1) is 6.54 Å². The molecule has 5 nitrogen and oxygen atoms in total. The minimum absolute atomic E-state index is 0.243. The number of piperidine rings is 1. The Labute approximate surface area is 117 Å². The van der Waals surface area contributed by atoms with Gasteiger partial charge in [-0.2, -0.15) is 0 Å². The maximum absolute atomic E-state index is 12.4. The molecule has 1 amide bonds. The summed E-state index contributed by atoms with van der Waals surface area (Å²) in [7, 11) is 4.09. The molecule has 0 aromatic heterocycles. The molecule has 1 atom stereocenters. The van der Waals surface area contributed by atoms with Crippen molar-refractivity contribution in [2.24, 2.45) is 5.73 Å². The van der Waals surface area contributed by atoms with Crippen LogP contribution in [0.4, 0.5) is 0 Å². The molecule has 0 saturated carbocycles. The number of nitrogens with zero attached hydrogens (tertiary/aromatic N) is 3. The van der Waals surface area contributed by atoms with Crippen LogP contribution in [-0.4, -0.2) is 79.5 Å². The molecule has 1 heterocycles. The second kappa shape index (κ2) is 7.82. The van der Waals surface area contributed by atoms with Crippen LogP contribution < -0.4 is 5.73 Å². The van der Waals surface area contributed by atoms with E-state index in [0.717, 1.165) is 39.0 Å². The van der Waals surface area contributed by atoms with Gasteiger partial charge >= 0.3 is 0 Å². The molecular weight excluding hydrogens is 240 g/mol. The van der Waals surface area contributed by atoms with Crippen LogP contribution in [0, 0.1) is 0 Å². The Hall–Kier alpha value is -0.650. The van der Waals surface area contributed by atoms with E-state index in [1.54, 1.807) is 0 Å². The topological polar surface area (TPSA) is 52.8 Å². The van der Waals surface area contributed by atoms with Gasteiger partial charge in [0.1, 0.15) is 0 Å². The quantitative estimate of drug-likeness (QED) is 0.749. The molecule has 0 aliphatic carbocycles. The van der Waals surface area contributed by atoms with Gasteiger partial charge in [-0.25, -0.2) is 0 Å². The van der Waals surface area contributed by atoms with E-state index in [2.05, 4.69) is 23.6 Å². The molecule has 2 N–H and O–H groups in total. The lowest BCUT2D eigenvalue weighted by Crippen LogP contribution is -2.49. The van der Waals surface area contributed by atoms with Gasteiger partial charge in [0, 0.05) is 38.3 Å². The molecule has 112 valence electrons. The average Bonchev–Trinajstić information content (AvgIpc) is 2.32. The molecule has 0 bridgehead atoms. The molecule has 0 aromatic rings. The fourth-order valence-electron chi connectivity index (χ4n) is 2.75. The van der Waals surface area contributed by atoms with Crippen LogP contribution in [0.2, 0.25) is 0 Å². The fourth-order valence-corrected chi connectivity index (χ4v) is 2.75. The van der Waals surface area contributed by atoms with Gasteiger partial charge in [-0.05, 0) is 40.8 Å². The first-order chi connectivity index (χ1) is 8.93. The van der Waals surface area contributed by atoms with Gasteiger partial charge in [0.25, 0.3) is 0 Å². The van der Waals surface area contributed by atoms with Crippen LogP contribution in [0.5, 0.6) is 0 Å². The van der Waals surface area contributed by atoms with Gasteiger partial charge in [-0.1, -0.05) is 0 Å². The first-order valence-electron chi connectivity index (χ1n) is 7.36. The number of nitrogens with two attached hydrogens (primary N) is 1. The molecule has 0 radical (unpaired) electrons. The molecule has 0 aromatic carbocycles. The second-order valence-electron chi connectivity index (χ2n) is 5.90. The molecule has 1 aliphatic heterocycles. The van der Waals surface area contributed by atoms with Crippen molar-refractivity contribution < 1.29 is 4.79 Å². The lowest BCUT2D eigenvalue weighted by Gasteiger charge is -2.34. The Balaban J connectivity index is 2.45. The summed E-state index contributed by atoms with van der Waals surface area (Å²) in [5.41, 5.74) is 5.89. The third-order valence-electron chi connectivity index (χ3n) is 3.81. The summed E-state index contributed by atoms with van der Waals surface area (Å²) in [6.07, 6.45) is 2.01. The Morgan fingerprint density at radius 1 is 1.37 bits per heavy atom. The van der Waals surface area contributed by atoms with Crippen molar-refractivity contribution in [1.82, 2.24) is 14.7 Å². The number of likely N-dealkylation sites (tertiary alicyclic amines) is 1. The van der Waals surface area contributed by atoms with E-state index < -0.39 is 0 Å². The van der Waals surface area contributed by atoms with E-state index >= 15 is 0 Å². The predicted molar refractivity (Wildman–Crippen MR) is 79.1 cm³/mol. The van der Waals surface area contributed by atoms with Crippen LogP contribution >= 0.6 is 0 Å². The molecule has 1 aliphatic rings. The minimum atomic E-state index is 0.243.